The largest absolute Gasteiger partial charge is 0.478 e. The lowest BCUT2D eigenvalue weighted by Crippen LogP contribution is -2.35. The maximum Gasteiger partial charge on any atom is 0.334 e. The SMILES string of the molecule is CNS(=O)(=O)CC(=O)C1=C(C)NC(C)=C(C(=O)O)C1c1ccccc1[N+](=O)[O-]. The number of carboxylic acid groups (broad SMARTS) is 1. The van der Waals surface area contributed by atoms with Gasteiger partial charge >= 0.3 is 5.97 Å². The van der Waals surface area contributed by atoms with Gasteiger partial charge in [-0.25, -0.2) is 17.9 Å². The third-order valence-corrected chi connectivity index (χ3v) is 5.63. The molecule has 0 radical (unpaired) electrons. The molecule has 0 bridgehead atoms. The molecule has 1 unspecified atom stereocenters. The van der Waals surface area contributed by atoms with Crippen LogP contribution in [-0.2, 0) is 19.6 Å². The number of carbonyl (C=O) groups is 2. The van der Waals surface area contributed by atoms with E-state index in [2.05, 4.69) is 5.32 Å². The van der Waals surface area contributed by atoms with Gasteiger partial charge in [0.1, 0.15) is 5.75 Å². The second kappa shape index (κ2) is 7.90. The lowest BCUT2D eigenvalue weighted by atomic mass is 9.78. The number of Topliss-reactive ketones (excluding diaryl/α,β-unsaturated/α-hetero) is 1. The first-order chi connectivity index (χ1) is 13.0. The summed E-state index contributed by atoms with van der Waals surface area (Å²) >= 11 is 0. The Bertz CT molecular complexity index is 1020. The molecule has 1 aromatic rings. The van der Waals surface area contributed by atoms with Crippen molar-refractivity contribution in [2.45, 2.75) is 19.8 Å². The summed E-state index contributed by atoms with van der Waals surface area (Å²) in [5, 5.41) is 23.9. The summed E-state index contributed by atoms with van der Waals surface area (Å²) in [7, 11) is -2.79. The zero-order chi connectivity index (χ0) is 21.2. The molecular weight excluding hydrogens is 390 g/mol. The van der Waals surface area contributed by atoms with Gasteiger partial charge in [0.05, 0.1) is 16.4 Å². The number of aliphatic carboxylic acids is 1. The van der Waals surface area contributed by atoms with Crippen molar-refractivity contribution in [1.29, 1.82) is 0 Å². The van der Waals surface area contributed by atoms with Crippen LogP contribution in [0, 0.1) is 10.1 Å². The molecule has 10 nitrogen and oxygen atoms in total. The van der Waals surface area contributed by atoms with Gasteiger partial charge in [-0.05, 0) is 20.9 Å². The van der Waals surface area contributed by atoms with E-state index < -0.39 is 38.4 Å². The minimum atomic E-state index is -3.93. The highest BCUT2D eigenvalue weighted by molar-refractivity contribution is 7.90. The van der Waals surface area contributed by atoms with Gasteiger partial charge in [-0.1, -0.05) is 18.2 Å². The fourth-order valence-corrected chi connectivity index (χ4v) is 3.82. The molecule has 0 fully saturated rings. The number of benzene rings is 1. The summed E-state index contributed by atoms with van der Waals surface area (Å²) in [5.74, 6) is -4.43. The second-order valence-electron chi connectivity index (χ2n) is 6.14. The van der Waals surface area contributed by atoms with Crippen LogP contribution >= 0.6 is 0 Å². The molecule has 0 aliphatic carbocycles. The summed E-state index contributed by atoms with van der Waals surface area (Å²) in [4.78, 5) is 35.5. The summed E-state index contributed by atoms with van der Waals surface area (Å²) in [6.45, 7) is 2.96. The van der Waals surface area contributed by atoms with Crippen LogP contribution in [0.2, 0.25) is 0 Å². The van der Waals surface area contributed by atoms with Gasteiger partial charge in [-0.2, -0.15) is 0 Å². The summed E-state index contributed by atoms with van der Waals surface area (Å²) < 4.78 is 25.7. The van der Waals surface area contributed by atoms with Crippen LogP contribution in [-0.4, -0.2) is 43.0 Å². The Balaban J connectivity index is 2.76. The van der Waals surface area contributed by atoms with Crippen LogP contribution in [0.1, 0.15) is 25.3 Å². The van der Waals surface area contributed by atoms with Crippen molar-refractivity contribution in [2.75, 3.05) is 12.8 Å². The average Bonchev–Trinajstić information content (AvgIpc) is 2.60. The van der Waals surface area contributed by atoms with Crippen LogP contribution < -0.4 is 10.0 Å². The zero-order valence-electron chi connectivity index (χ0n) is 15.3. The molecule has 0 spiro atoms. The van der Waals surface area contributed by atoms with Crippen LogP contribution in [0.4, 0.5) is 5.69 Å². The number of rotatable bonds is 7. The predicted molar refractivity (Wildman–Crippen MR) is 99.9 cm³/mol. The van der Waals surface area contributed by atoms with Gasteiger partial charge in [0, 0.05) is 28.6 Å². The van der Waals surface area contributed by atoms with E-state index in [4.69, 9.17) is 0 Å². The van der Waals surface area contributed by atoms with E-state index in [1.807, 2.05) is 4.72 Å². The number of carbonyl (C=O) groups excluding carboxylic acids is 1. The maximum atomic E-state index is 12.8. The number of sulfonamides is 1. The summed E-state index contributed by atoms with van der Waals surface area (Å²) in [6, 6.07) is 5.47. The molecule has 1 aliphatic rings. The standard InChI is InChI=1S/C17H19N3O7S/c1-9-14(13(21)8-28(26,27)18-3)16(15(17(22)23)10(2)19-9)11-6-4-5-7-12(11)20(24)25/h4-7,16,18-19H,8H2,1-3H3,(H,22,23). The van der Waals surface area contributed by atoms with Crippen molar-refractivity contribution in [1.82, 2.24) is 10.0 Å². The molecule has 0 saturated carbocycles. The van der Waals surface area contributed by atoms with Crippen LogP contribution in [0.3, 0.4) is 0 Å². The molecule has 3 N–H and O–H groups in total. The van der Waals surface area contributed by atoms with E-state index in [0.29, 0.717) is 0 Å². The average molecular weight is 409 g/mol. The number of hydrogen-bond acceptors (Lipinski definition) is 7. The third-order valence-electron chi connectivity index (χ3n) is 4.37. The third kappa shape index (κ3) is 4.10. The zero-order valence-corrected chi connectivity index (χ0v) is 16.2. The molecule has 1 aliphatic heterocycles. The van der Waals surface area contributed by atoms with Crippen LogP contribution in [0.5, 0.6) is 0 Å². The minimum Gasteiger partial charge on any atom is -0.478 e. The normalized spacial score (nSPS) is 17.3. The van der Waals surface area contributed by atoms with Crippen LogP contribution in [0.15, 0.2) is 46.8 Å². The Hall–Kier alpha value is -3.05. The van der Waals surface area contributed by atoms with Gasteiger partial charge in [0.25, 0.3) is 5.69 Å². The van der Waals surface area contributed by atoms with E-state index in [1.165, 1.54) is 38.1 Å². The lowest BCUT2D eigenvalue weighted by Gasteiger charge is -2.29. The van der Waals surface area contributed by atoms with Gasteiger partial charge in [0.2, 0.25) is 10.0 Å². The Morgan fingerprint density at radius 3 is 2.32 bits per heavy atom. The number of allylic oxidation sites excluding steroid dienone is 3. The number of nitrogens with zero attached hydrogens (tertiary/aromatic N) is 1. The number of nitro groups is 1. The monoisotopic (exact) mass is 409 g/mol. The lowest BCUT2D eigenvalue weighted by molar-refractivity contribution is -0.385. The molecule has 0 amide bonds. The first kappa shape index (κ1) is 21.3. The van der Waals surface area contributed by atoms with Crippen LogP contribution in [0.25, 0.3) is 0 Å². The molecule has 1 atom stereocenters. The van der Waals surface area contributed by atoms with E-state index in [-0.39, 0.29) is 33.8 Å². The number of para-hydroxylation sites is 1. The second-order valence-corrected chi connectivity index (χ2v) is 8.07. The Morgan fingerprint density at radius 2 is 1.79 bits per heavy atom. The smallest absolute Gasteiger partial charge is 0.334 e. The van der Waals surface area contributed by atoms with E-state index in [1.54, 1.807) is 0 Å². The van der Waals surface area contributed by atoms with Crippen molar-refractivity contribution in [2.24, 2.45) is 0 Å². The van der Waals surface area contributed by atoms with Gasteiger partial charge in [-0.15, -0.1) is 0 Å². The molecule has 1 heterocycles. The number of nitrogens with one attached hydrogen (secondary N) is 2. The van der Waals surface area contributed by atoms with Crippen molar-refractivity contribution in [3.05, 3.63) is 62.5 Å². The summed E-state index contributed by atoms with van der Waals surface area (Å²) in [6.07, 6.45) is 0. The van der Waals surface area contributed by atoms with Crippen molar-refractivity contribution in [3.8, 4) is 0 Å². The number of ketones is 1. The molecular formula is C17H19N3O7S. The van der Waals surface area contributed by atoms with Gasteiger partial charge < -0.3 is 10.4 Å². The number of hydrogen-bond donors (Lipinski definition) is 3. The highest BCUT2D eigenvalue weighted by atomic mass is 32.2. The Kier molecular flexibility index (Phi) is 6.00. The number of nitro benzene ring substituents is 1. The highest BCUT2D eigenvalue weighted by Crippen LogP contribution is 2.42. The van der Waals surface area contributed by atoms with Crippen molar-refractivity contribution >= 4 is 27.5 Å². The summed E-state index contributed by atoms with van der Waals surface area (Å²) in [5.41, 5.74) is -0.324. The molecule has 150 valence electrons. The van der Waals surface area contributed by atoms with Gasteiger partial charge in [0.15, 0.2) is 5.78 Å². The van der Waals surface area contributed by atoms with Crippen molar-refractivity contribution < 1.29 is 28.0 Å². The van der Waals surface area contributed by atoms with E-state index in [0.717, 1.165) is 7.05 Å². The molecule has 28 heavy (non-hydrogen) atoms. The number of dihydropyridines is 1. The fourth-order valence-electron chi connectivity index (χ4n) is 3.18. The quantitative estimate of drug-likeness (QED) is 0.445. The highest BCUT2D eigenvalue weighted by Gasteiger charge is 2.40. The first-order valence-electron chi connectivity index (χ1n) is 8.09. The molecule has 11 heteroatoms. The predicted octanol–water partition coefficient (Wildman–Crippen LogP) is 1.03. The number of carboxylic acids is 1. The van der Waals surface area contributed by atoms with E-state index in [9.17, 15) is 33.2 Å². The molecule has 2 rings (SSSR count). The molecule has 1 aromatic carbocycles. The topological polar surface area (TPSA) is 156 Å². The van der Waals surface area contributed by atoms with Gasteiger partial charge in [-0.3, -0.25) is 14.9 Å². The van der Waals surface area contributed by atoms with E-state index >= 15 is 0 Å². The molecule has 0 saturated heterocycles. The van der Waals surface area contributed by atoms with Crippen molar-refractivity contribution in [3.63, 3.8) is 0 Å². The first-order valence-corrected chi connectivity index (χ1v) is 9.75. The minimum absolute atomic E-state index is 0.00435. The fraction of sp³-hybridized carbons (Fsp3) is 0.294. The maximum absolute atomic E-state index is 12.8. The Labute approximate surface area is 161 Å². The Morgan fingerprint density at radius 1 is 1.21 bits per heavy atom. The molecule has 0 aromatic heterocycles.